The van der Waals surface area contributed by atoms with Crippen LogP contribution in [0.25, 0.3) is 0 Å². The van der Waals surface area contributed by atoms with Crippen molar-refractivity contribution in [1.29, 1.82) is 0 Å². The molecule has 1 N–H and O–H groups in total. The van der Waals surface area contributed by atoms with Crippen LogP contribution in [0.2, 0.25) is 0 Å². The zero-order chi connectivity index (χ0) is 14.7. The molecule has 20 heavy (non-hydrogen) atoms. The summed E-state index contributed by atoms with van der Waals surface area (Å²) >= 11 is 4.54. The van der Waals surface area contributed by atoms with E-state index in [1.807, 2.05) is 0 Å². The van der Waals surface area contributed by atoms with Gasteiger partial charge in [-0.3, -0.25) is 14.5 Å². The molecule has 7 heteroatoms. The van der Waals surface area contributed by atoms with Gasteiger partial charge in [-0.1, -0.05) is 11.8 Å². The van der Waals surface area contributed by atoms with Crippen LogP contribution in [0.4, 0.5) is 5.82 Å². The Labute approximate surface area is 129 Å². The Morgan fingerprint density at radius 1 is 1.65 bits per heavy atom. The van der Waals surface area contributed by atoms with Gasteiger partial charge in [0.2, 0.25) is 5.91 Å². The first-order chi connectivity index (χ1) is 9.51. The summed E-state index contributed by atoms with van der Waals surface area (Å²) in [5.41, 5.74) is 0.618. The van der Waals surface area contributed by atoms with Crippen LogP contribution in [0.3, 0.4) is 0 Å². The maximum atomic E-state index is 12.1. The Kier molecular flexibility index (Phi) is 5.17. The fourth-order valence-electron chi connectivity index (χ4n) is 2.17. The standard InChI is InChI=1S/C13H15BrN2O3S/c1-8(18)20-7-9-2-12(19)16(5-9)13-10(6-17)3-11(14)4-15-13/h3-4,9,17H,2,5-7H2,1H3. The quantitative estimate of drug-likeness (QED) is 0.890. The average Bonchev–Trinajstić information content (AvgIpc) is 2.77. The average molecular weight is 359 g/mol. The molecule has 1 saturated heterocycles. The van der Waals surface area contributed by atoms with Gasteiger partial charge in [0.05, 0.1) is 6.61 Å². The predicted octanol–water partition coefficient (Wildman–Crippen LogP) is 1.97. The molecule has 5 nitrogen and oxygen atoms in total. The summed E-state index contributed by atoms with van der Waals surface area (Å²) in [4.78, 5) is 28.9. The smallest absolute Gasteiger partial charge is 0.228 e. The summed E-state index contributed by atoms with van der Waals surface area (Å²) in [5.74, 6) is 1.29. The fourth-order valence-corrected chi connectivity index (χ4v) is 3.24. The Balaban J connectivity index is 2.13. The summed E-state index contributed by atoms with van der Waals surface area (Å²) in [7, 11) is 0. The van der Waals surface area contributed by atoms with Crippen molar-refractivity contribution in [3.05, 3.63) is 22.3 Å². The normalized spacial score (nSPS) is 18.6. The molecule has 1 aromatic heterocycles. The summed E-state index contributed by atoms with van der Waals surface area (Å²) in [6.45, 7) is 1.90. The zero-order valence-corrected chi connectivity index (χ0v) is 13.4. The molecule has 0 spiro atoms. The minimum atomic E-state index is -0.168. The van der Waals surface area contributed by atoms with Gasteiger partial charge in [-0.15, -0.1) is 0 Å². The number of nitrogens with zero attached hydrogens (tertiary/aromatic N) is 2. The largest absolute Gasteiger partial charge is 0.392 e. The minimum absolute atomic E-state index is 0.0105. The summed E-state index contributed by atoms with van der Waals surface area (Å²) in [6.07, 6.45) is 2.03. The van der Waals surface area contributed by atoms with E-state index in [-0.39, 0.29) is 23.5 Å². The molecule has 0 radical (unpaired) electrons. The van der Waals surface area contributed by atoms with E-state index in [4.69, 9.17) is 0 Å². The number of thioether (sulfide) groups is 1. The maximum absolute atomic E-state index is 12.1. The van der Waals surface area contributed by atoms with Crippen molar-refractivity contribution < 1.29 is 14.7 Å². The summed E-state index contributed by atoms with van der Waals surface area (Å²) in [5, 5.41) is 9.45. The third kappa shape index (κ3) is 3.59. The van der Waals surface area contributed by atoms with Crippen molar-refractivity contribution in [2.45, 2.75) is 20.0 Å². The Bertz CT molecular complexity index is 538. The molecule has 1 aliphatic rings. The lowest BCUT2D eigenvalue weighted by molar-refractivity contribution is -0.117. The molecule has 1 aromatic rings. The highest BCUT2D eigenvalue weighted by molar-refractivity contribution is 9.10. The number of hydrogen-bond donors (Lipinski definition) is 1. The molecule has 108 valence electrons. The SMILES string of the molecule is CC(=O)SCC1CC(=O)N(c2ncc(Br)cc2CO)C1. The number of amides is 1. The maximum Gasteiger partial charge on any atom is 0.228 e. The highest BCUT2D eigenvalue weighted by Crippen LogP contribution is 2.29. The van der Waals surface area contributed by atoms with Crippen LogP contribution < -0.4 is 4.90 Å². The topological polar surface area (TPSA) is 70.5 Å². The highest BCUT2D eigenvalue weighted by atomic mass is 79.9. The fraction of sp³-hybridized carbons (Fsp3) is 0.462. The second-order valence-corrected chi connectivity index (χ2v) is 6.78. The highest BCUT2D eigenvalue weighted by Gasteiger charge is 2.32. The molecule has 0 aromatic carbocycles. The lowest BCUT2D eigenvalue weighted by Gasteiger charge is -2.18. The minimum Gasteiger partial charge on any atom is -0.392 e. The molecule has 2 heterocycles. The third-order valence-electron chi connectivity index (χ3n) is 3.06. The number of hydrogen-bond acceptors (Lipinski definition) is 5. The summed E-state index contributed by atoms with van der Waals surface area (Å²) < 4.78 is 0.764. The predicted molar refractivity (Wildman–Crippen MR) is 81.5 cm³/mol. The molecule has 1 unspecified atom stereocenters. The van der Waals surface area contributed by atoms with Crippen molar-refractivity contribution in [3.8, 4) is 0 Å². The van der Waals surface area contributed by atoms with Crippen LogP contribution in [0.15, 0.2) is 16.7 Å². The van der Waals surface area contributed by atoms with E-state index in [1.54, 1.807) is 17.2 Å². The van der Waals surface area contributed by atoms with Gasteiger partial charge in [-0.2, -0.15) is 0 Å². The van der Waals surface area contributed by atoms with Gasteiger partial charge in [-0.25, -0.2) is 4.98 Å². The molecule has 0 aliphatic carbocycles. The van der Waals surface area contributed by atoms with Crippen molar-refractivity contribution >= 4 is 44.5 Å². The number of anilines is 1. The summed E-state index contributed by atoms with van der Waals surface area (Å²) in [6, 6.07) is 1.76. The number of carbonyl (C=O) groups is 2. The third-order valence-corrected chi connectivity index (χ3v) is 4.54. The number of aliphatic hydroxyl groups excluding tert-OH is 1. The second kappa shape index (κ2) is 6.69. The van der Waals surface area contributed by atoms with Crippen LogP contribution in [0, 0.1) is 5.92 Å². The van der Waals surface area contributed by atoms with E-state index < -0.39 is 0 Å². The molecule has 1 aliphatic heterocycles. The van der Waals surface area contributed by atoms with E-state index in [2.05, 4.69) is 20.9 Å². The molecule has 2 rings (SSSR count). The van der Waals surface area contributed by atoms with Gasteiger partial charge < -0.3 is 5.11 Å². The van der Waals surface area contributed by atoms with E-state index in [1.165, 1.54) is 18.7 Å². The Morgan fingerprint density at radius 2 is 2.40 bits per heavy atom. The van der Waals surface area contributed by atoms with E-state index in [0.717, 1.165) is 4.47 Å². The van der Waals surface area contributed by atoms with Gasteiger partial charge in [0.1, 0.15) is 5.82 Å². The zero-order valence-electron chi connectivity index (χ0n) is 11.0. The van der Waals surface area contributed by atoms with Crippen LogP contribution in [0.1, 0.15) is 18.9 Å². The van der Waals surface area contributed by atoms with Gasteiger partial charge in [0.15, 0.2) is 5.12 Å². The van der Waals surface area contributed by atoms with Gasteiger partial charge in [0, 0.05) is 41.9 Å². The van der Waals surface area contributed by atoms with Crippen LogP contribution in [0.5, 0.6) is 0 Å². The van der Waals surface area contributed by atoms with E-state index in [0.29, 0.717) is 30.1 Å². The molecule has 1 amide bonds. The molecule has 0 bridgehead atoms. The Hall–Kier alpha value is -0.920. The van der Waals surface area contributed by atoms with Gasteiger partial charge in [0.25, 0.3) is 0 Å². The second-order valence-electron chi connectivity index (χ2n) is 4.67. The van der Waals surface area contributed by atoms with Crippen molar-refractivity contribution in [3.63, 3.8) is 0 Å². The van der Waals surface area contributed by atoms with Crippen molar-refractivity contribution in [1.82, 2.24) is 4.98 Å². The van der Waals surface area contributed by atoms with E-state index in [9.17, 15) is 14.7 Å². The van der Waals surface area contributed by atoms with Crippen molar-refractivity contribution in [2.24, 2.45) is 5.92 Å². The lowest BCUT2D eigenvalue weighted by Crippen LogP contribution is -2.27. The first-order valence-electron chi connectivity index (χ1n) is 6.20. The first kappa shape index (κ1) is 15.5. The number of halogens is 1. The number of aromatic nitrogens is 1. The van der Waals surface area contributed by atoms with Crippen LogP contribution in [-0.2, 0) is 16.2 Å². The van der Waals surface area contributed by atoms with Gasteiger partial charge >= 0.3 is 0 Å². The molecule has 0 saturated carbocycles. The molecule has 1 fully saturated rings. The van der Waals surface area contributed by atoms with Crippen molar-refractivity contribution in [2.75, 3.05) is 17.2 Å². The molecular weight excluding hydrogens is 344 g/mol. The first-order valence-corrected chi connectivity index (χ1v) is 7.98. The van der Waals surface area contributed by atoms with Crippen LogP contribution in [-0.4, -0.2) is 33.4 Å². The number of pyridine rings is 1. The molecular formula is C13H15BrN2O3S. The van der Waals surface area contributed by atoms with Gasteiger partial charge in [-0.05, 0) is 27.9 Å². The number of carbonyl (C=O) groups excluding carboxylic acids is 2. The number of rotatable bonds is 4. The van der Waals surface area contributed by atoms with E-state index >= 15 is 0 Å². The number of aliphatic hydroxyl groups is 1. The van der Waals surface area contributed by atoms with Crippen LogP contribution >= 0.6 is 27.7 Å². The Morgan fingerprint density at radius 3 is 3.05 bits per heavy atom. The monoisotopic (exact) mass is 358 g/mol. The molecule has 1 atom stereocenters. The lowest BCUT2D eigenvalue weighted by atomic mass is 10.1.